The van der Waals surface area contributed by atoms with Crippen LogP contribution < -0.4 is 11.1 Å². The monoisotopic (exact) mass is 351 g/mol. The van der Waals surface area contributed by atoms with Crippen molar-refractivity contribution in [1.29, 1.82) is 0 Å². The predicted molar refractivity (Wildman–Crippen MR) is 90.8 cm³/mol. The third-order valence-corrected chi connectivity index (χ3v) is 4.17. The maximum absolute atomic E-state index is 12.2. The predicted octanol–water partition coefficient (Wildman–Crippen LogP) is 2.73. The number of carbonyl (C=O) groups is 1. The van der Waals surface area contributed by atoms with Gasteiger partial charge in [-0.1, -0.05) is 11.6 Å². The van der Waals surface area contributed by atoms with Gasteiger partial charge in [-0.25, -0.2) is 0 Å². The number of nitrogen functional groups attached to an aromatic ring is 1. The lowest BCUT2D eigenvalue weighted by atomic mass is 10.1. The second-order valence-corrected chi connectivity index (χ2v) is 5.83. The summed E-state index contributed by atoms with van der Waals surface area (Å²) in [6.45, 7) is 2.05. The molecule has 1 saturated heterocycles. The average Bonchev–Trinajstić information content (AvgIpc) is 3.10. The fraction of sp³-hybridized carbons (Fsp3) is 0.500. The number of nitrogens with zero attached hydrogens (tertiary/aromatic N) is 1. The van der Waals surface area contributed by atoms with Gasteiger partial charge in [-0.3, -0.25) is 9.69 Å². The van der Waals surface area contributed by atoms with Crippen LogP contribution in [0.15, 0.2) is 18.2 Å². The molecule has 0 bridgehead atoms. The van der Waals surface area contributed by atoms with Crippen LogP contribution in [0.2, 0.25) is 5.02 Å². The molecule has 1 heterocycles. The first kappa shape index (κ1) is 18.4. The summed E-state index contributed by atoms with van der Waals surface area (Å²) in [5, 5.41) is 3.47. The molecule has 0 radical (unpaired) electrons. The zero-order valence-electron chi connectivity index (χ0n) is 11.5. The van der Waals surface area contributed by atoms with E-state index in [-0.39, 0.29) is 36.8 Å². The van der Waals surface area contributed by atoms with E-state index in [0.717, 1.165) is 25.6 Å². The Morgan fingerprint density at radius 1 is 1.29 bits per heavy atom. The number of hydrogen-bond acceptors (Lipinski definition) is 3. The van der Waals surface area contributed by atoms with Crippen molar-refractivity contribution in [2.75, 3.05) is 18.8 Å². The summed E-state index contributed by atoms with van der Waals surface area (Å²) in [4.78, 5) is 14.6. The minimum absolute atomic E-state index is 0. The first-order valence-corrected chi connectivity index (χ1v) is 7.11. The van der Waals surface area contributed by atoms with Crippen LogP contribution in [0, 0.1) is 0 Å². The molecule has 2 aliphatic rings. The lowest BCUT2D eigenvalue weighted by Gasteiger charge is -2.16. The average molecular weight is 353 g/mol. The number of amides is 1. The Hall–Kier alpha value is -0.680. The molecule has 4 nitrogen and oxygen atoms in total. The van der Waals surface area contributed by atoms with Gasteiger partial charge in [0.05, 0.1) is 10.6 Å². The van der Waals surface area contributed by atoms with E-state index in [1.807, 2.05) is 0 Å². The largest absolute Gasteiger partial charge is 0.399 e. The number of rotatable bonds is 3. The van der Waals surface area contributed by atoms with Gasteiger partial charge < -0.3 is 11.1 Å². The van der Waals surface area contributed by atoms with Crippen LogP contribution >= 0.6 is 36.4 Å². The summed E-state index contributed by atoms with van der Waals surface area (Å²) < 4.78 is 0. The molecule has 1 aromatic carbocycles. The van der Waals surface area contributed by atoms with Crippen LogP contribution in [0.25, 0.3) is 0 Å². The highest BCUT2D eigenvalue weighted by Gasteiger charge is 2.34. The van der Waals surface area contributed by atoms with Crippen molar-refractivity contribution in [3.05, 3.63) is 28.8 Å². The Morgan fingerprint density at radius 2 is 2.00 bits per heavy atom. The highest BCUT2D eigenvalue weighted by molar-refractivity contribution is 6.34. The molecule has 1 aromatic rings. The highest BCUT2D eigenvalue weighted by Crippen LogP contribution is 2.30. The van der Waals surface area contributed by atoms with Gasteiger partial charge in [0, 0.05) is 30.9 Å². The van der Waals surface area contributed by atoms with Crippen molar-refractivity contribution < 1.29 is 4.79 Å². The van der Waals surface area contributed by atoms with Gasteiger partial charge in [0.25, 0.3) is 5.91 Å². The fourth-order valence-electron chi connectivity index (χ4n) is 2.66. The van der Waals surface area contributed by atoms with E-state index in [0.29, 0.717) is 16.3 Å². The molecule has 0 aromatic heterocycles. The van der Waals surface area contributed by atoms with E-state index >= 15 is 0 Å². The van der Waals surface area contributed by atoms with Crippen molar-refractivity contribution >= 4 is 48.0 Å². The lowest BCUT2D eigenvalue weighted by molar-refractivity contribution is 0.0937. The zero-order chi connectivity index (χ0) is 13.4. The van der Waals surface area contributed by atoms with Gasteiger partial charge in [0.2, 0.25) is 0 Å². The molecule has 1 aliphatic carbocycles. The normalized spacial score (nSPS) is 21.3. The van der Waals surface area contributed by atoms with Gasteiger partial charge in [0.1, 0.15) is 0 Å². The van der Waals surface area contributed by atoms with Crippen LogP contribution in [0.3, 0.4) is 0 Å². The van der Waals surface area contributed by atoms with Crippen LogP contribution in [-0.4, -0.2) is 36.0 Å². The number of hydrogen-bond donors (Lipinski definition) is 2. The first-order chi connectivity index (χ1) is 9.13. The zero-order valence-corrected chi connectivity index (χ0v) is 13.9. The summed E-state index contributed by atoms with van der Waals surface area (Å²) in [6.07, 6.45) is 3.64. The van der Waals surface area contributed by atoms with Crippen molar-refractivity contribution in [2.45, 2.75) is 31.3 Å². The number of anilines is 1. The Kier molecular flexibility index (Phi) is 6.60. The molecule has 2 fully saturated rings. The Morgan fingerprint density at radius 3 is 2.62 bits per heavy atom. The molecule has 1 unspecified atom stereocenters. The molecule has 1 aliphatic heterocycles. The molecular formula is C14H20Cl3N3O. The van der Waals surface area contributed by atoms with Crippen molar-refractivity contribution in [1.82, 2.24) is 10.2 Å². The van der Waals surface area contributed by atoms with Crippen LogP contribution in [0.5, 0.6) is 0 Å². The lowest BCUT2D eigenvalue weighted by Crippen LogP contribution is -2.37. The Bertz CT molecular complexity index is 508. The number of halogens is 3. The van der Waals surface area contributed by atoms with Crippen molar-refractivity contribution in [3.63, 3.8) is 0 Å². The van der Waals surface area contributed by atoms with Crippen LogP contribution in [0.1, 0.15) is 29.6 Å². The number of carbonyl (C=O) groups excluding carboxylic acids is 1. The Balaban J connectivity index is 0.00000110. The Labute approximate surface area is 142 Å². The fourth-order valence-corrected chi connectivity index (χ4v) is 2.93. The third kappa shape index (κ3) is 4.39. The van der Waals surface area contributed by atoms with Crippen LogP contribution in [0.4, 0.5) is 5.69 Å². The molecular weight excluding hydrogens is 333 g/mol. The van der Waals surface area contributed by atoms with Crippen molar-refractivity contribution in [3.8, 4) is 0 Å². The van der Waals surface area contributed by atoms with Gasteiger partial charge in [-0.15, -0.1) is 24.8 Å². The van der Waals surface area contributed by atoms with E-state index in [2.05, 4.69) is 10.2 Å². The molecule has 3 N–H and O–H groups in total. The number of nitrogens with two attached hydrogens (primary N) is 1. The maximum Gasteiger partial charge on any atom is 0.253 e. The molecule has 1 saturated carbocycles. The minimum atomic E-state index is -0.104. The van der Waals surface area contributed by atoms with Gasteiger partial charge in [-0.05, 0) is 37.5 Å². The van der Waals surface area contributed by atoms with Gasteiger partial charge in [-0.2, -0.15) is 0 Å². The number of nitrogens with one attached hydrogen (secondary N) is 1. The smallest absolute Gasteiger partial charge is 0.253 e. The topological polar surface area (TPSA) is 58.4 Å². The van der Waals surface area contributed by atoms with E-state index in [1.54, 1.807) is 18.2 Å². The maximum atomic E-state index is 12.2. The summed E-state index contributed by atoms with van der Waals surface area (Å²) in [5.74, 6) is -0.104. The van der Waals surface area contributed by atoms with Crippen molar-refractivity contribution in [2.24, 2.45) is 0 Å². The summed E-state index contributed by atoms with van der Waals surface area (Å²) >= 11 is 6.05. The second-order valence-electron chi connectivity index (χ2n) is 5.42. The quantitative estimate of drug-likeness (QED) is 0.822. The van der Waals surface area contributed by atoms with E-state index in [9.17, 15) is 4.79 Å². The molecule has 118 valence electrons. The molecule has 0 spiro atoms. The standard InChI is InChI=1S/C14H18ClN3O.2ClH/c15-13-7-9(16)1-4-12(13)14(19)17-10-5-6-18(8-10)11-2-3-11;;/h1,4,7,10-11H,2-3,5-6,8,16H2,(H,17,19);2*1H. The second kappa shape index (κ2) is 7.54. The number of benzene rings is 1. The van der Waals surface area contributed by atoms with E-state index in [4.69, 9.17) is 17.3 Å². The minimum Gasteiger partial charge on any atom is -0.399 e. The molecule has 7 heteroatoms. The third-order valence-electron chi connectivity index (χ3n) is 3.86. The summed E-state index contributed by atoms with van der Waals surface area (Å²) in [6, 6.07) is 6.00. The summed E-state index contributed by atoms with van der Waals surface area (Å²) in [5.41, 5.74) is 6.70. The molecule has 3 rings (SSSR count). The van der Waals surface area contributed by atoms with Gasteiger partial charge in [0.15, 0.2) is 0 Å². The van der Waals surface area contributed by atoms with Gasteiger partial charge >= 0.3 is 0 Å². The van der Waals surface area contributed by atoms with E-state index < -0.39 is 0 Å². The number of likely N-dealkylation sites (tertiary alicyclic amines) is 1. The SMILES string of the molecule is Cl.Cl.Nc1ccc(C(=O)NC2CCN(C3CC3)C2)c(Cl)c1. The first-order valence-electron chi connectivity index (χ1n) is 6.73. The summed E-state index contributed by atoms with van der Waals surface area (Å²) in [7, 11) is 0. The molecule has 21 heavy (non-hydrogen) atoms. The molecule has 1 atom stereocenters. The van der Waals surface area contributed by atoms with E-state index in [1.165, 1.54) is 12.8 Å². The van der Waals surface area contributed by atoms with Crippen LogP contribution in [-0.2, 0) is 0 Å². The molecule has 1 amide bonds. The highest BCUT2D eigenvalue weighted by atomic mass is 35.5.